The van der Waals surface area contributed by atoms with E-state index in [1.807, 2.05) is 36.6 Å². The molecule has 2 rings (SSSR count). The summed E-state index contributed by atoms with van der Waals surface area (Å²) in [5, 5.41) is 15.0. The molecule has 0 radical (unpaired) electrons. The highest BCUT2D eigenvalue weighted by Crippen LogP contribution is 2.25. The van der Waals surface area contributed by atoms with E-state index in [2.05, 4.69) is 10.3 Å². The molecular formula is C12H14N2OS. The third kappa shape index (κ3) is 2.59. The Hall–Kier alpha value is -1.39. The number of nitrogens with one attached hydrogen (secondary N) is 1. The van der Waals surface area contributed by atoms with E-state index in [0.717, 1.165) is 22.0 Å². The van der Waals surface area contributed by atoms with Crippen LogP contribution in [0.25, 0.3) is 10.6 Å². The van der Waals surface area contributed by atoms with E-state index >= 15 is 0 Å². The van der Waals surface area contributed by atoms with Crippen LogP contribution in [0.4, 0.5) is 5.69 Å². The first kappa shape index (κ1) is 11.1. The number of aliphatic hydroxyl groups excluding tert-OH is 1. The molecular weight excluding hydrogens is 220 g/mol. The summed E-state index contributed by atoms with van der Waals surface area (Å²) in [5.74, 6) is 0. The first-order valence-electron chi connectivity index (χ1n) is 5.17. The third-order valence-electron chi connectivity index (χ3n) is 2.17. The lowest BCUT2D eigenvalue weighted by Crippen LogP contribution is -2.05. The second-order valence-corrected chi connectivity index (χ2v) is 4.38. The summed E-state index contributed by atoms with van der Waals surface area (Å²) in [5.41, 5.74) is 3.18. The molecule has 84 valence electrons. The van der Waals surface area contributed by atoms with Gasteiger partial charge in [-0.3, -0.25) is 0 Å². The van der Waals surface area contributed by atoms with Gasteiger partial charge in [0.25, 0.3) is 0 Å². The molecule has 2 aromatic rings. The van der Waals surface area contributed by atoms with E-state index in [0.29, 0.717) is 6.54 Å². The zero-order valence-electron chi connectivity index (χ0n) is 9.10. The summed E-state index contributed by atoms with van der Waals surface area (Å²) < 4.78 is 0. The molecule has 0 aliphatic rings. The minimum Gasteiger partial charge on any atom is -0.395 e. The van der Waals surface area contributed by atoms with Gasteiger partial charge in [0.05, 0.1) is 6.61 Å². The number of nitrogens with zero attached hydrogens (tertiary/aromatic N) is 1. The molecule has 2 N–H and O–H groups in total. The van der Waals surface area contributed by atoms with Crippen LogP contribution in [0.15, 0.2) is 29.6 Å². The molecule has 3 nitrogen and oxygen atoms in total. The molecule has 0 aliphatic carbocycles. The average molecular weight is 234 g/mol. The largest absolute Gasteiger partial charge is 0.395 e. The van der Waals surface area contributed by atoms with Gasteiger partial charge >= 0.3 is 0 Å². The molecule has 0 fully saturated rings. The van der Waals surface area contributed by atoms with Crippen molar-refractivity contribution in [2.24, 2.45) is 0 Å². The highest BCUT2D eigenvalue weighted by Gasteiger charge is 2.02. The Balaban J connectivity index is 2.22. The maximum atomic E-state index is 8.74. The van der Waals surface area contributed by atoms with Crippen LogP contribution in [0.1, 0.15) is 5.69 Å². The van der Waals surface area contributed by atoms with Crippen LogP contribution in [0.5, 0.6) is 0 Å². The molecule has 0 unspecified atom stereocenters. The van der Waals surface area contributed by atoms with E-state index in [1.165, 1.54) is 0 Å². The molecule has 1 aromatic carbocycles. The van der Waals surface area contributed by atoms with Gasteiger partial charge in [-0.15, -0.1) is 11.3 Å². The Kier molecular flexibility index (Phi) is 3.54. The van der Waals surface area contributed by atoms with Gasteiger partial charge in [-0.2, -0.15) is 0 Å². The lowest BCUT2D eigenvalue weighted by Gasteiger charge is -2.05. The van der Waals surface area contributed by atoms with Crippen LogP contribution >= 0.6 is 11.3 Å². The van der Waals surface area contributed by atoms with Crippen LogP contribution in [-0.4, -0.2) is 23.2 Å². The van der Waals surface area contributed by atoms with Crippen molar-refractivity contribution in [1.29, 1.82) is 0 Å². The van der Waals surface area contributed by atoms with Crippen molar-refractivity contribution in [3.63, 3.8) is 0 Å². The van der Waals surface area contributed by atoms with Gasteiger partial charge in [0.2, 0.25) is 0 Å². The van der Waals surface area contributed by atoms with Crippen molar-refractivity contribution in [2.75, 3.05) is 18.5 Å². The van der Waals surface area contributed by atoms with Crippen LogP contribution in [0, 0.1) is 6.92 Å². The lowest BCUT2D eigenvalue weighted by atomic mass is 10.2. The summed E-state index contributed by atoms with van der Waals surface area (Å²) in [7, 11) is 0. The third-order valence-corrected chi connectivity index (χ3v) is 3.18. The molecule has 4 heteroatoms. The van der Waals surface area contributed by atoms with Crippen molar-refractivity contribution in [3.8, 4) is 10.6 Å². The van der Waals surface area contributed by atoms with E-state index in [4.69, 9.17) is 5.11 Å². The minimum absolute atomic E-state index is 0.139. The fraction of sp³-hybridized carbons (Fsp3) is 0.250. The second-order valence-electron chi connectivity index (χ2n) is 3.53. The Morgan fingerprint density at radius 1 is 1.44 bits per heavy atom. The first-order chi connectivity index (χ1) is 7.79. The van der Waals surface area contributed by atoms with Gasteiger partial charge in [-0.25, -0.2) is 4.98 Å². The van der Waals surface area contributed by atoms with Crippen molar-refractivity contribution in [1.82, 2.24) is 4.98 Å². The predicted molar refractivity (Wildman–Crippen MR) is 67.9 cm³/mol. The van der Waals surface area contributed by atoms with E-state index in [9.17, 15) is 0 Å². The Morgan fingerprint density at radius 2 is 2.31 bits per heavy atom. The number of thiazole rings is 1. The van der Waals surface area contributed by atoms with Gasteiger partial charge in [-0.05, 0) is 19.1 Å². The standard InChI is InChI=1S/C12H14N2OS/c1-9-8-16-12(14-9)10-3-2-4-11(7-10)13-5-6-15/h2-4,7-8,13,15H,5-6H2,1H3. The zero-order valence-corrected chi connectivity index (χ0v) is 9.92. The van der Waals surface area contributed by atoms with Crippen LogP contribution in [-0.2, 0) is 0 Å². The van der Waals surface area contributed by atoms with E-state index in [1.54, 1.807) is 11.3 Å². The molecule has 0 atom stereocenters. The van der Waals surface area contributed by atoms with E-state index in [-0.39, 0.29) is 6.61 Å². The smallest absolute Gasteiger partial charge is 0.123 e. The monoisotopic (exact) mass is 234 g/mol. The quantitative estimate of drug-likeness (QED) is 0.854. The molecule has 1 heterocycles. The number of benzene rings is 1. The second kappa shape index (κ2) is 5.09. The molecule has 0 saturated carbocycles. The summed E-state index contributed by atoms with van der Waals surface area (Å²) in [4.78, 5) is 4.44. The van der Waals surface area contributed by atoms with Crippen molar-refractivity contribution in [3.05, 3.63) is 35.3 Å². The number of aryl methyl sites for hydroxylation is 1. The molecule has 0 aliphatic heterocycles. The zero-order chi connectivity index (χ0) is 11.4. The van der Waals surface area contributed by atoms with Crippen molar-refractivity contribution >= 4 is 17.0 Å². The molecule has 0 saturated heterocycles. The van der Waals surface area contributed by atoms with Gasteiger partial charge in [0.15, 0.2) is 0 Å². The SMILES string of the molecule is Cc1csc(-c2cccc(NCCO)c2)n1. The predicted octanol–water partition coefficient (Wildman–Crippen LogP) is 2.52. The molecule has 1 aromatic heterocycles. The average Bonchev–Trinajstić information content (AvgIpc) is 2.74. The maximum absolute atomic E-state index is 8.74. The van der Waals surface area contributed by atoms with Crippen LogP contribution in [0.3, 0.4) is 0 Å². The number of hydrogen-bond donors (Lipinski definition) is 2. The summed E-state index contributed by atoms with van der Waals surface area (Å²) in [6.45, 7) is 2.70. The normalized spacial score (nSPS) is 10.4. The van der Waals surface area contributed by atoms with Gasteiger partial charge in [0, 0.05) is 28.9 Å². The molecule has 16 heavy (non-hydrogen) atoms. The van der Waals surface area contributed by atoms with Gasteiger partial charge < -0.3 is 10.4 Å². The summed E-state index contributed by atoms with van der Waals surface area (Å²) in [6, 6.07) is 8.07. The number of aliphatic hydroxyl groups is 1. The number of aromatic nitrogens is 1. The highest BCUT2D eigenvalue weighted by molar-refractivity contribution is 7.13. The minimum atomic E-state index is 0.139. The lowest BCUT2D eigenvalue weighted by molar-refractivity contribution is 0.311. The maximum Gasteiger partial charge on any atom is 0.123 e. The number of anilines is 1. The molecule has 0 amide bonds. The van der Waals surface area contributed by atoms with Gasteiger partial charge in [-0.1, -0.05) is 12.1 Å². The van der Waals surface area contributed by atoms with Gasteiger partial charge in [0.1, 0.15) is 5.01 Å². The Labute approximate surface area is 98.8 Å². The fourth-order valence-corrected chi connectivity index (χ4v) is 2.24. The van der Waals surface area contributed by atoms with Crippen molar-refractivity contribution in [2.45, 2.75) is 6.92 Å². The Bertz CT molecular complexity index is 468. The Morgan fingerprint density at radius 3 is 3.00 bits per heavy atom. The number of hydrogen-bond acceptors (Lipinski definition) is 4. The highest BCUT2D eigenvalue weighted by atomic mass is 32.1. The summed E-state index contributed by atoms with van der Waals surface area (Å²) in [6.07, 6.45) is 0. The summed E-state index contributed by atoms with van der Waals surface area (Å²) >= 11 is 1.65. The molecule has 0 bridgehead atoms. The van der Waals surface area contributed by atoms with Crippen LogP contribution in [0.2, 0.25) is 0 Å². The fourth-order valence-electron chi connectivity index (χ4n) is 1.45. The van der Waals surface area contributed by atoms with E-state index < -0.39 is 0 Å². The topological polar surface area (TPSA) is 45.1 Å². The molecule has 0 spiro atoms. The number of rotatable bonds is 4. The van der Waals surface area contributed by atoms with Crippen LogP contribution < -0.4 is 5.32 Å². The first-order valence-corrected chi connectivity index (χ1v) is 6.05. The van der Waals surface area contributed by atoms with Crippen molar-refractivity contribution < 1.29 is 5.11 Å².